The van der Waals surface area contributed by atoms with E-state index in [0.717, 1.165) is 11.1 Å². The molecule has 3 aromatic rings. The normalized spacial score (nSPS) is 10.3. The number of hydrogen-bond donors (Lipinski definition) is 1. The van der Waals surface area contributed by atoms with E-state index in [4.69, 9.17) is 0 Å². The lowest BCUT2D eigenvalue weighted by Gasteiger charge is -2.17. The van der Waals surface area contributed by atoms with Crippen molar-refractivity contribution in [3.8, 4) is 0 Å². The minimum atomic E-state index is -0.131. The Morgan fingerprint density at radius 1 is 0.960 bits per heavy atom. The molecule has 0 fully saturated rings. The number of amides is 1. The minimum absolute atomic E-state index is 0.131. The highest BCUT2D eigenvalue weighted by Gasteiger charge is 2.14. The number of carbonyl (C=O) groups is 1. The second-order valence-electron chi connectivity index (χ2n) is 5.75. The molecule has 1 amide bonds. The maximum atomic E-state index is 12.6. The van der Waals surface area contributed by atoms with Gasteiger partial charge in [-0.05, 0) is 17.2 Å². The number of aromatic nitrogens is 2. The molecular weight excluding hydrogens is 312 g/mol. The molecule has 1 N–H and O–H groups in total. The summed E-state index contributed by atoms with van der Waals surface area (Å²) in [4.78, 5) is 22.8. The zero-order chi connectivity index (χ0) is 17.5. The largest absolute Gasteiger partial charge is 0.350 e. The first-order chi connectivity index (χ1) is 12.2. The van der Waals surface area contributed by atoms with Gasteiger partial charge in [-0.2, -0.15) is 0 Å². The summed E-state index contributed by atoms with van der Waals surface area (Å²) in [5.41, 5.74) is 2.59. The molecular formula is C20H20N4O. The SMILES string of the molecule is CN(Cc1ccccc1)C(=O)c1ccnc(NCc2ccccc2)n1. The lowest BCUT2D eigenvalue weighted by Crippen LogP contribution is -2.27. The van der Waals surface area contributed by atoms with E-state index >= 15 is 0 Å². The van der Waals surface area contributed by atoms with E-state index in [0.29, 0.717) is 24.7 Å². The smallest absolute Gasteiger partial charge is 0.272 e. The van der Waals surface area contributed by atoms with Crippen molar-refractivity contribution in [1.29, 1.82) is 0 Å². The van der Waals surface area contributed by atoms with Gasteiger partial charge in [-0.3, -0.25) is 4.79 Å². The quantitative estimate of drug-likeness (QED) is 0.752. The molecule has 0 radical (unpaired) electrons. The van der Waals surface area contributed by atoms with Crippen LogP contribution in [0.4, 0.5) is 5.95 Å². The van der Waals surface area contributed by atoms with Gasteiger partial charge in [-0.15, -0.1) is 0 Å². The van der Waals surface area contributed by atoms with Gasteiger partial charge in [0.25, 0.3) is 5.91 Å². The first-order valence-corrected chi connectivity index (χ1v) is 8.12. The average Bonchev–Trinajstić information content (AvgIpc) is 2.67. The van der Waals surface area contributed by atoms with Crippen LogP contribution in [0.15, 0.2) is 72.9 Å². The Balaban J connectivity index is 1.64. The Labute approximate surface area is 147 Å². The van der Waals surface area contributed by atoms with E-state index in [1.165, 1.54) is 0 Å². The lowest BCUT2D eigenvalue weighted by atomic mass is 10.2. The van der Waals surface area contributed by atoms with Gasteiger partial charge in [-0.25, -0.2) is 9.97 Å². The lowest BCUT2D eigenvalue weighted by molar-refractivity contribution is 0.0779. The summed E-state index contributed by atoms with van der Waals surface area (Å²) < 4.78 is 0. The molecule has 5 heteroatoms. The Hall–Kier alpha value is -3.21. The number of rotatable bonds is 6. The maximum absolute atomic E-state index is 12.6. The Kier molecular flexibility index (Phi) is 5.36. The topological polar surface area (TPSA) is 58.1 Å². The number of hydrogen-bond acceptors (Lipinski definition) is 4. The summed E-state index contributed by atoms with van der Waals surface area (Å²) in [5, 5.41) is 3.15. The van der Waals surface area contributed by atoms with Crippen LogP contribution in [0.5, 0.6) is 0 Å². The van der Waals surface area contributed by atoms with Crippen molar-refractivity contribution in [2.24, 2.45) is 0 Å². The van der Waals surface area contributed by atoms with Crippen molar-refractivity contribution in [2.45, 2.75) is 13.1 Å². The fraction of sp³-hybridized carbons (Fsp3) is 0.150. The van der Waals surface area contributed by atoms with Gasteiger partial charge in [0, 0.05) is 26.3 Å². The molecule has 0 saturated heterocycles. The minimum Gasteiger partial charge on any atom is -0.350 e. The third-order valence-corrected chi connectivity index (χ3v) is 3.78. The van der Waals surface area contributed by atoms with Crippen LogP contribution in [-0.4, -0.2) is 27.8 Å². The standard InChI is InChI=1S/C20H20N4O/c1-24(15-17-10-6-3-7-11-17)19(25)18-12-13-21-20(23-18)22-14-16-8-4-2-5-9-16/h2-13H,14-15H2,1H3,(H,21,22,23). The van der Waals surface area contributed by atoms with Crippen molar-refractivity contribution in [3.05, 3.63) is 89.7 Å². The maximum Gasteiger partial charge on any atom is 0.272 e. The van der Waals surface area contributed by atoms with E-state index in [1.807, 2.05) is 60.7 Å². The Morgan fingerprint density at radius 2 is 1.60 bits per heavy atom. The van der Waals surface area contributed by atoms with Crippen molar-refractivity contribution < 1.29 is 4.79 Å². The van der Waals surface area contributed by atoms with Gasteiger partial charge in [0.2, 0.25) is 5.95 Å². The monoisotopic (exact) mass is 332 g/mol. The van der Waals surface area contributed by atoms with Crippen molar-refractivity contribution in [1.82, 2.24) is 14.9 Å². The van der Waals surface area contributed by atoms with E-state index in [2.05, 4.69) is 15.3 Å². The van der Waals surface area contributed by atoms with Crippen molar-refractivity contribution in [2.75, 3.05) is 12.4 Å². The average molecular weight is 332 g/mol. The van der Waals surface area contributed by atoms with Crippen LogP contribution in [0.2, 0.25) is 0 Å². The third kappa shape index (κ3) is 4.64. The number of nitrogens with zero attached hydrogens (tertiary/aromatic N) is 3. The van der Waals surface area contributed by atoms with Gasteiger partial charge in [-0.1, -0.05) is 60.7 Å². The zero-order valence-electron chi connectivity index (χ0n) is 14.1. The summed E-state index contributed by atoms with van der Waals surface area (Å²) in [7, 11) is 1.77. The predicted molar refractivity (Wildman–Crippen MR) is 98.0 cm³/mol. The van der Waals surface area contributed by atoms with Gasteiger partial charge in [0.05, 0.1) is 0 Å². The van der Waals surface area contributed by atoms with Crippen LogP contribution in [-0.2, 0) is 13.1 Å². The van der Waals surface area contributed by atoms with Crippen LogP contribution in [0.25, 0.3) is 0 Å². The molecule has 1 heterocycles. The van der Waals surface area contributed by atoms with E-state index < -0.39 is 0 Å². The van der Waals surface area contributed by atoms with Crippen LogP contribution in [0.3, 0.4) is 0 Å². The van der Waals surface area contributed by atoms with Crippen LogP contribution >= 0.6 is 0 Å². The first-order valence-electron chi connectivity index (χ1n) is 8.12. The molecule has 0 aliphatic heterocycles. The molecule has 0 bridgehead atoms. The summed E-state index contributed by atoms with van der Waals surface area (Å²) in [5.74, 6) is 0.317. The number of nitrogens with one attached hydrogen (secondary N) is 1. The van der Waals surface area contributed by atoms with Crippen molar-refractivity contribution >= 4 is 11.9 Å². The zero-order valence-corrected chi connectivity index (χ0v) is 14.1. The molecule has 0 aliphatic rings. The molecule has 1 aromatic heterocycles. The van der Waals surface area contributed by atoms with Gasteiger partial charge < -0.3 is 10.2 Å². The summed E-state index contributed by atoms with van der Waals surface area (Å²) >= 11 is 0. The molecule has 5 nitrogen and oxygen atoms in total. The van der Waals surface area contributed by atoms with E-state index in [1.54, 1.807) is 24.2 Å². The number of carbonyl (C=O) groups excluding carboxylic acids is 1. The number of benzene rings is 2. The Morgan fingerprint density at radius 3 is 2.28 bits per heavy atom. The second kappa shape index (κ2) is 8.06. The molecule has 0 aliphatic carbocycles. The van der Waals surface area contributed by atoms with Gasteiger partial charge >= 0.3 is 0 Å². The van der Waals surface area contributed by atoms with Crippen molar-refractivity contribution in [3.63, 3.8) is 0 Å². The highest BCUT2D eigenvalue weighted by Crippen LogP contribution is 2.09. The fourth-order valence-corrected chi connectivity index (χ4v) is 2.46. The van der Waals surface area contributed by atoms with Gasteiger partial charge in [0.1, 0.15) is 5.69 Å². The van der Waals surface area contributed by atoms with E-state index in [9.17, 15) is 4.79 Å². The van der Waals surface area contributed by atoms with Crippen LogP contribution in [0.1, 0.15) is 21.6 Å². The molecule has 0 spiro atoms. The van der Waals surface area contributed by atoms with E-state index in [-0.39, 0.29) is 5.91 Å². The molecule has 25 heavy (non-hydrogen) atoms. The number of anilines is 1. The molecule has 0 unspecified atom stereocenters. The highest BCUT2D eigenvalue weighted by atomic mass is 16.2. The van der Waals surface area contributed by atoms with Gasteiger partial charge in [0.15, 0.2) is 0 Å². The third-order valence-electron chi connectivity index (χ3n) is 3.78. The summed E-state index contributed by atoms with van der Waals surface area (Å²) in [6.07, 6.45) is 1.60. The second-order valence-corrected chi connectivity index (χ2v) is 5.75. The van der Waals surface area contributed by atoms with Crippen LogP contribution < -0.4 is 5.32 Å². The molecule has 2 aromatic carbocycles. The molecule has 0 atom stereocenters. The van der Waals surface area contributed by atoms with Crippen LogP contribution in [0, 0.1) is 0 Å². The molecule has 3 rings (SSSR count). The predicted octanol–water partition coefficient (Wildman–Crippen LogP) is 3.36. The summed E-state index contributed by atoms with van der Waals surface area (Å²) in [6, 6.07) is 21.5. The molecule has 0 saturated carbocycles. The Bertz CT molecular complexity index is 821. The summed E-state index contributed by atoms with van der Waals surface area (Å²) in [6.45, 7) is 1.15. The highest BCUT2D eigenvalue weighted by molar-refractivity contribution is 5.92. The molecule has 126 valence electrons. The fourth-order valence-electron chi connectivity index (χ4n) is 2.46. The first kappa shape index (κ1) is 16.6.